The summed E-state index contributed by atoms with van der Waals surface area (Å²) < 4.78 is 0. The first-order chi connectivity index (χ1) is 7.90. The third-order valence-electron chi connectivity index (χ3n) is 2.52. The summed E-state index contributed by atoms with van der Waals surface area (Å²) in [5.41, 5.74) is 3.78. The summed E-state index contributed by atoms with van der Waals surface area (Å²) in [6.45, 7) is 4.04. The molecule has 82 valence electrons. The van der Waals surface area contributed by atoms with Crippen molar-refractivity contribution in [3.8, 4) is 11.1 Å². The molecule has 2 aromatic rings. The van der Waals surface area contributed by atoms with Gasteiger partial charge in [0.25, 0.3) is 0 Å². The minimum absolute atomic E-state index is 0.926. The second-order valence-electron chi connectivity index (χ2n) is 3.72. The zero-order valence-corrected chi connectivity index (χ0v) is 9.48. The van der Waals surface area contributed by atoms with Gasteiger partial charge < -0.3 is 5.32 Å². The normalized spacial score (nSPS) is 10.3. The highest BCUT2D eigenvalue weighted by atomic mass is 14.8. The Hall–Kier alpha value is -1.67. The summed E-state index contributed by atoms with van der Waals surface area (Å²) >= 11 is 0. The van der Waals surface area contributed by atoms with Crippen LogP contribution in [-0.2, 0) is 6.54 Å². The molecule has 1 aromatic heterocycles. The smallest absolute Gasteiger partial charge is 0.0273 e. The van der Waals surface area contributed by atoms with Gasteiger partial charge in [0.05, 0.1) is 0 Å². The van der Waals surface area contributed by atoms with Crippen molar-refractivity contribution in [2.45, 2.75) is 13.5 Å². The summed E-state index contributed by atoms with van der Waals surface area (Å²) in [5, 5.41) is 3.33. The molecule has 16 heavy (non-hydrogen) atoms. The van der Waals surface area contributed by atoms with Crippen LogP contribution >= 0.6 is 0 Å². The second kappa shape index (κ2) is 5.42. The fourth-order valence-electron chi connectivity index (χ4n) is 1.67. The molecule has 0 aliphatic heterocycles. The van der Waals surface area contributed by atoms with Crippen LogP contribution in [0.3, 0.4) is 0 Å². The molecule has 0 bridgehead atoms. The van der Waals surface area contributed by atoms with Gasteiger partial charge in [-0.05, 0) is 41.4 Å². The van der Waals surface area contributed by atoms with Crippen molar-refractivity contribution in [1.82, 2.24) is 10.3 Å². The van der Waals surface area contributed by atoms with Crippen LogP contribution in [0, 0.1) is 0 Å². The molecule has 1 N–H and O–H groups in total. The Balaban J connectivity index is 2.22. The Morgan fingerprint density at radius 2 is 1.88 bits per heavy atom. The second-order valence-corrected chi connectivity index (χ2v) is 3.72. The van der Waals surface area contributed by atoms with Crippen LogP contribution in [0.25, 0.3) is 11.1 Å². The molecule has 0 atom stereocenters. The minimum atomic E-state index is 0.926. The maximum Gasteiger partial charge on any atom is 0.0273 e. The Morgan fingerprint density at radius 3 is 2.62 bits per heavy atom. The van der Waals surface area contributed by atoms with Crippen molar-refractivity contribution in [2.75, 3.05) is 6.54 Å². The Bertz CT molecular complexity index is 437. The molecule has 0 unspecified atom stereocenters. The number of hydrogen-bond donors (Lipinski definition) is 1. The molecule has 2 heteroatoms. The van der Waals surface area contributed by atoms with E-state index in [1.807, 2.05) is 24.5 Å². The molecule has 1 heterocycles. The molecule has 0 radical (unpaired) electrons. The molecule has 2 rings (SSSR count). The third kappa shape index (κ3) is 2.67. The fraction of sp³-hybridized carbons (Fsp3) is 0.214. The van der Waals surface area contributed by atoms with Crippen LogP contribution in [0.5, 0.6) is 0 Å². The number of benzene rings is 1. The molecular formula is C14H16N2. The number of nitrogens with zero attached hydrogens (tertiary/aromatic N) is 1. The fourth-order valence-corrected chi connectivity index (χ4v) is 1.67. The number of hydrogen-bond acceptors (Lipinski definition) is 2. The van der Waals surface area contributed by atoms with Gasteiger partial charge in [-0.1, -0.05) is 25.1 Å². The van der Waals surface area contributed by atoms with E-state index in [1.165, 1.54) is 16.7 Å². The van der Waals surface area contributed by atoms with Crippen LogP contribution in [0.2, 0.25) is 0 Å². The lowest BCUT2D eigenvalue weighted by Gasteiger charge is -2.05. The average molecular weight is 212 g/mol. The van der Waals surface area contributed by atoms with Gasteiger partial charge in [-0.15, -0.1) is 0 Å². The van der Waals surface area contributed by atoms with Crippen molar-refractivity contribution < 1.29 is 0 Å². The predicted octanol–water partition coefficient (Wildman–Crippen LogP) is 2.86. The largest absolute Gasteiger partial charge is 0.313 e. The van der Waals surface area contributed by atoms with Crippen molar-refractivity contribution in [3.05, 3.63) is 54.4 Å². The summed E-state index contributed by atoms with van der Waals surface area (Å²) in [6.07, 6.45) is 3.65. The van der Waals surface area contributed by atoms with Gasteiger partial charge in [-0.2, -0.15) is 0 Å². The number of nitrogens with one attached hydrogen (secondary N) is 1. The molecule has 0 amide bonds. The minimum Gasteiger partial charge on any atom is -0.313 e. The first-order valence-electron chi connectivity index (χ1n) is 5.60. The quantitative estimate of drug-likeness (QED) is 0.843. The highest BCUT2D eigenvalue weighted by Crippen LogP contribution is 2.19. The van der Waals surface area contributed by atoms with E-state index in [-0.39, 0.29) is 0 Å². The van der Waals surface area contributed by atoms with E-state index in [1.54, 1.807) is 0 Å². The van der Waals surface area contributed by atoms with Gasteiger partial charge in [0.2, 0.25) is 0 Å². The Morgan fingerprint density at radius 1 is 1.06 bits per heavy atom. The molecule has 0 saturated heterocycles. The topological polar surface area (TPSA) is 24.9 Å². The lowest BCUT2D eigenvalue weighted by atomic mass is 10.0. The Kier molecular flexibility index (Phi) is 3.67. The first kappa shape index (κ1) is 10.8. The lowest BCUT2D eigenvalue weighted by molar-refractivity contribution is 0.727. The molecule has 2 nitrogen and oxygen atoms in total. The zero-order chi connectivity index (χ0) is 11.2. The van der Waals surface area contributed by atoms with E-state index in [4.69, 9.17) is 0 Å². The average Bonchev–Trinajstić information content (AvgIpc) is 2.38. The summed E-state index contributed by atoms with van der Waals surface area (Å²) in [4.78, 5) is 4.03. The van der Waals surface area contributed by atoms with E-state index < -0.39 is 0 Å². The standard InChI is InChI=1S/C14H16N2/c1-2-15-11-12-4-3-5-14(10-12)13-6-8-16-9-7-13/h3-10,15H,2,11H2,1H3. The van der Waals surface area contributed by atoms with Crippen LogP contribution in [0.4, 0.5) is 0 Å². The number of rotatable bonds is 4. The van der Waals surface area contributed by atoms with Crippen molar-refractivity contribution in [1.29, 1.82) is 0 Å². The molecule has 0 aliphatic rings. The summed E-state index contributed by atoms with van der Waals surface area (Å²) in [6, 6.07) is 12.7. The summed E-state index contributed by atoms with van der Waals surface area (Å²) in [7, 11) is 0. The van der Waals surface area contributed by atoms with Crippen LogP contribution in [0.1, 0.15) is 12.5 Å². The highest BCUT2D eigenvalue weighted by molar-refractivity contribution is 5.63. The summed E-state index contributed by atoms with van der Waals surface area (Å²) in [5.74, 6) is 0. The van der Waals surface area contributed by atoms with Gasteiger partial charge in [-0.3, -0.25) is 4.98 Å². The number of aromatic nitrogens is 1. The van der Waals surface area contributed by atoms with E-state index in [2.05, 4.69) is 41.5 Å². The highest BCUT2D eigenvalue weighted by Gasteiger charge is 1.98. The molecule has 1 aromatic carbocycles. The van der Waals surface area contributed by atoms with Crippen molar-refractivity contribution in [2.24, 2.45) is 0 Å². The molecule has 0 saturated carbocycles. The molecule has 0 spiro atoms. The van der Waals surface area contributed by atoms with Gasteiger partial charge in [0.15, 0.2) is 0 Å². The zero-order valence-electron chi connectivity index (χ0n) is 9.48. The molecule has 0 aliphatic carbocycles. The van der Waals surface area contributed by atoms with Crippen LogP contribution in [-0.4, -0.2) is 11.5 Å². The van der Waals surface area contributed by atoms with E-state index in [0.29, 0.717) is 0 Å². The first-order valence-corrected chi connectivity index (χ1v) is 5.60. The SMILES string of the molecule is CCNCc1cccc(-c2ccncc2)c1. The molecular weight excluding hydrogens is 196 g/mol. The predicted molar refractivity (Wildman–Crippen MR) is 67.1 cm³/mol. The van der Waals surface area contributed by atoms with E-state index in [0.717, 1.165) is 13.1 Å². The van der Waals surface area contributed by atoms with Gasteiger partial charge >= 0.3 is 0 Å². The van der Waals surface area contributed by atoms with Crippen molar-refractivity contribution in [3.63, 3.8) is 0 Å². The van der Waals surface area contributed by atoms with Crippen molar-refractivity contribution >= 4 is 0 Å². The monoisotopic (exact) mass is 212 g/mol. The van der Waals surface area contributed by atoms with Gasteiger partial charge in [0.1, 0.15) is 0 Å². The maximum atomic E-state index is 4.03. The third-order valence-corrected chi connectivity index (χ3v) is 2.52. The van der Waals surface area contributed by atoms with E-state index in [9.17, 15) is 0 Å². The maximum absolute atomic E-state index is 4.03. The number of pyridine rings is 1. The van der Waals surface area contributed by atoms with Gasteiger partial charge in [-0.25, -0.2) is 0 Å². The van der Waals surface area contributed by atoms with E-state index >= 15 is 0 Å². The van der Waals surface area contributed by atoms with Crippen LogP contribution in [0.15, 0.2) is 48.8 Å². The van der Waals surface area contributed by atoms with Gasteiger partial charge in [0, 0.05) is 18.9 Å². The lowest BCUT2D eigenvalue weighted by Crippen LogP contribution is -2.11. The van der Waals surface area contributed by atoms with Crippen LogP contribution < -0.4 is 5.32 Å². The Labute approximate surface area is 96.4 Å². The molecule has 0 fully saturated rings.